The number of aliphatic carboxylic acids is 1. The summed E-state index contributed by atoms with van der Waals surface area (Å²) in [6.07, 6.45) is 5.16. The number of carbonyl (C=O) groups is 2. The van der Waals surface area contributed by atoms with Gasteiger partial charge < -0.3 is 15.2 Å². The summed E-state index contributed by atoms with van der Waals surface area (Å²) in [6, 6.07) is 1.31. The Labute approximate surface area is 204 Å². The molecule has 1 aliphatic heterocycles. The number of amides is 1. The van der Waals surface area contributed by atoms with Crippen LogP contribution in [0.2, 0.25) is 0 Å². The van der Waals surface area contributed by atoms with Crippen molar-refractivity contribution in [1.29, 1.82) is 0 Å². The van der Waals surface area contributed by atoms with Crippen LogP contribution in [0.4, 0.5) is 4.39 Å². The largest absolute Gasteiger partial charge is 0.490 e. The van der Waals surface area contributed by atoms with Crippen LogP contribution in [0.3, 0.4) is 0 Å². The normalized spacial score (nSPS) is 20.5. The molecule has 35 heavy (non-hydrogen) atoms. The first-order valence-corrected chi connectivity index (χ1v) is 12.3. The number of nitrogens with zero attached hydrogens (tertiary/aromatic N) is 1. The van der Waals surface area contributed by atoms with Crippen LogP contribution in [0.5, 0.6) is 5.75 Å². The van der Waals surface area contributed by atoms with Gasteiger partial charge in [-0.25, -0.2) is 9.18 Å². The summed E-state index contributed by atoms with van der Waals surface area (Å²) in [7, 11) is 0. The topological polar surface area (TPSA) is 97.6 Å². The van der Waals surface area contributed by atoms with Crippen molar-refractivity contribution in [3.05, 3.63) is 50.6 Å². The van der Waals surface area contributed by atoms with Crippen LogP contribution in [0, 0.1) is 25.6 Å². The first-order chi connectivity index (χ1) is 16.6. The monoisotopic (exact) mass is 484 g/mol. The number of carbonyl (C=O) groups excluding carboxylic acids is 1. The molecule has 0 spiro atoms. The fraction of sp³-hybridized carbons (Fsp3) is 0.519. The molecule has 1 atom stereocenters. The van der Waals surface area contributed by atoms with Gasteiger partial charge in [0.2, 0.25) is 0 Å². The van der Waals surface area contributed by atoms with Gasteiger partial charge in [-0.05, 0) is 82.4 Å². The maximum atomic E-state index is 15.1. The second-order valence-electron chi connectivity index (χ2n) is 9.97. The van der Waals surface area contributed by atoms with E-state index in [1.54, 1.807) is 6.92 Å². The molecule has 1 saturated carbocycles. The quantitative estimate of drug-likeness (QED) is 0.649. The average molecular weight is 485 g/mol. The first-order valence-electron chi connectivity index (χ1n) is 12.3. The highest BCUT2D eigenvalue weighted by atomic mass is 19.1. The summed E-state index contributed by atoms with van der Waals surface area (Å²) < 4.78 is 21.8. The molecule has 1 fully saturated rings. The van der Waals surface area contributed by atoms with Crippen molar-refractivity contribution in [3.63, 3.8) is 0 Å². The average Bonchev–Trinajstić information content (AvgIpc) is 2.83. The predicted octanol–water partition coefficient (Wildman–Crippen LogP) is 4.55. The highest BCUT2D eigenvalue weighted by Gasteiger charge is 2.29. The third-order valence-electron chi connectivity index (χ3n) is 7.54. The van der Waals surface area contributed by atoms with Crippen LogP contribution >= 0.6 is 0 Å². The fourth-order valence-electron chi connectivity index (χ4n) is 5.35. The van der Waals surface area contributed by atoms with Gasteiger partial charge in [-0.3, -0.25) is 14.2 Å². The van der Waals surface area contributed by atoms with E-state index in [9.17, 15) is 19.5 Å². The van der Waals surface area contributed by atoms with Gasteiger partial charge >= 0.3 is 5.97 Å². The molecular weight excluding hydrogens is 451 g/mol. The number of rotatable bonds is 5. The van der Waals surface area contributed by atoms with E-state index in [1.807, 2.05) is 6.92 Å². The number of halogens is 1. The molecule has 2 N–H and O–H groups in total. The van der Waals surface area contributed by atoms with Crippen molar-refractivity contribution in [2.24, 2.45) is 5.92 Å². The van der Waals surface area contributed by atoms with Gasteiger partial charge in [0.15, 0.2) is 11.6 Å². The molecule has 4 rings (SSSR count). The Kier molecular flexibility index (Phi) is 7.01. The Morgan fingerprint density at radius 3 is 2.51 bits per heavy atom. The Morgan fingerprint density at radius 1 is 1.17 bits per heavy atom. The van der Waals surface area contributed by atoms with Gasteiger partial charge in [-0.1, -0.05) is 6.92 Å². The fourth-order valence-corrected chi connectivity index (χ4v) is 5.35. The lowest BCUT2D eigenvalue weighted by Crippen LogP contribution is -2.39. The lowest BCUT2D eigenvalue weighted by Gasteiger charge is -2.28. The zero-order valence-electron chi connectivity index (χ0n) is 20.7. The maximum absolute atomic E-state index is 15.1. The maximum Gasteiger partial charge on any atom is 0.326 e. The molecule has 1 aromatic heterocycles. The summed E-state index contributed by atoms with van der Waals surface area (Å²) in [5.41, 5.74) is 2.09. The van der Waals surface area contributed by atoms with Crippen LogP contribution in [-0.2, 0) is 11.2 Å². The molecule has 0 bridgehead atoms. The van der Waals surface area contributed by atoms with E-state index in [1.165, 1.54) is 19.1 Å². The third kappa shape index (κ3) is 4.70. The zero-order chi connectivity index (χ0) is 25.4. The van der Waals surface area contributed by atoms with Crippen molar-refractivity contribution in [2.45, 2.75) is 78.3 Å². The van der Waals surface area contributed by atoms with Crippen molar-refractivity contribution >= 4 is 11.9 Å². The molecule has 8 heteroatoms. The summed E-state index contributed by atoms with van der Waals surface area (Å²) in [4.78, 5) is 38.4. The molecule has 1 aliphatic carbocycles. The minimum Gasteiger partial charge on any atom is -0.490 e. The van der Waals surface area contributed by atoms with E-state index in [4.69, 9.17) is 4.74 Å². The van der Waals surface area contributed by atoms with Crippen molar-refractivity contribution < 1.29 is 23.8 Å². The second-order valence-corrected chi connectivity index (χ2v) is 9.97. The Morgan fingerprint density at radius 2 is 1.86 bits per heavy atom. The molecule has 1 amide bonds. The van der Waals surface area contributed by atoms with Crippen LogP contribution in [0.15, 0.2) is 16.9 Å². The van der Waals surface area contributed by atoms with Gasteiger partial charge in [0.05, 0.1) is 12.3 Å². The molecular formula is C27H33FN2O5. The second kappa shape index (κ2) is 9.84. The molecule has 188 valence electrons. The zero-order valence-corrected chi connectivity index (χ0v) is 20.7. The van der Waals surface area contributed by atoms with Crippen LogP contribution in [-0.4, -0.2) is 34.2 Å². The standard InChI is InChI=1S/C27H33FN2O5/c1-14-7-9-18(10-8-14)29-26(32)21-13-23(31)30(17(4)27(33)34)24(16(21)3)20-12-22(28)25-19(15(20)2)6-5-11-35-25/h12-14,17-18H,5-11H2,1-4H3,(H,29,32)(H,33,34). The van der Waals surface area contributed by atoms with Crippen LogP contribution in [0.25, 0.3) is 11.3 Å². The van der Waals surface area contributed by atoms with Crippen LogP contribution < -0.4 is 15.6 Å². The number of ether oxygens (including phenoxy) is 1. The van der Waals surface area contributed by atoms with E-state index in [0.717, 1.165) is 36.7 Å². The molecule has 2 aliphatic rings. The van der Waals surface area contributed by atoms with Gasteiger partial charge in [0, 0.05) is 28.8 Å². The van der Waals surface area contributed by atoms with Crippen molar-refractivity contribution in [3.8, 4) is 17.0 Å². The SMILES string of the molecule is Cc1c(-c2c(C)c(C(=O)NC3CCC(C)CC3)cc(=O)n2C(C)C(=O)O)cc(F)c2c1CCCO2. The lowest BCUT2D eigenvalue weighted by molar-refractivity contribution is -0.140. The highest BCUT2D eigenvalue weighted by molar-refractivity contribution is 5.97. The molecule has 0 saturated heterocycles. The smallest absolute Gasteiger partial charge is 0.326 e. The van der Waals surface area contributed by atoms with Gasteiger partial charge in [0.1, 0.15) is 6.04 Å². The van der Waals surface area contributed by atoms with Gasteiger partial charge in [-0.15, -0.1) is 0 Å². The molecule has 7 nitrogen and oxygen atoms in total. The van der Waals surface area contributed by atoms with E-state index in [2.05, 4.69) is 12.2 Å². The number of carboxylic acids is 1. The minimum atomic E-state index is -1.21. The van der Waals surface area contributed by atoms with E-state index in [-0.39, 0.29) is 29.0 Å². The summed E-state index contributed by atoms with van der Waals surface area (Å²) in [6.45, 7) is 7.53. The number of benzene rings is 1. The van der Waals surface area contributed by atoms with E-state index >= 15 is 4.39 Å². The molecule has 1 unspecified atom stereocenters. The number of fused-ring (bicyclic) bond motifs is 1. The number of hydrogen-bond acceptors (Lipinski definition) is 4. The highest BCUT2D eigenvalue weighted by Crippen LogP contribution is 2.39. The van der Waals surface area contributed by atoms with Crippen LogP contribution in [0.1, 0.15) is 79.0 Å². The molecule has 0 radical (unpaired) electrons. The molecule has 2 aromatic rings. The van der Waals surface area contributed by atoms with Gasteiger partial charge in [0.25, 0.3) is 11.5 Å². The summed E-state index contributed by atoms with van der Waals surface area (Å²) >= 11 is 0. The number of aromatic nitrogens is 1. The van der Waals surface area contributed by atoms with Crippen molar-refractivity contribution in [2.75, 3.05) is 6.61 Å². The predicted molar refractivity (Wildman–Crippen MR) is 131 cm³/mol. The third-order valence-corrected chi connectivity index (χ3v) is 7.54. The number of nitrogens with one attached hydrogen (secondary N) is 1. The molecule has 1 aromatic carbocycles. The van der Waals surface area contributed by atoms with E-state index < -0.39 is 23.4 Å². The number of pyridine rings is 1. The minimum absolute atomic E-state index is 0.0296. The van der Waals surface area contributed by atoms with Gasteiger partial charge in [-0.2, -0.15) is 0 Å². The number of carboxylic acid groups (broad SMARTS) is 1. The summed E-state index contributed by atoms with van der Waals surface area (Å²) in [5, 5.41) is 12.8. The summed E-state index contributed by atoms with van der Waals surface area (Å²) in [5.74, 6) is -1.29. The molecule has 2 heterocycles. The first kappa shape index (κ1) is 24.9. The van der Waals surface area contributed by atoms with E-state index in [0.29, 0.717) is 41.2 Å². The Balaban J connectivity index is 1.88. The Hall–Kier alpha value is -3.16. The van der Waals surface area contributed by atoms with Crippen molar-refractivity contribution in [1.82, 2.24) is 9.88 Å². The number of hydrogen-bond donors (Lipinski definition) is 2. The Bertz CT molecular complexity index is 1230. The lowest BCUT2D eigenvalue weighted by atomic mass is 9.87.